The molecular formula is C17H26O2. The summed E-state index contributed by atoms with van der Waals surface area (Å²) in [4.78, 5) is 0. The van der Waals surface area contributed by atoms with Crippen molar-refractivity contribution in [2.24, 2.45) is 5.92 Å². The predicted molar refractivity (Wildman–Crippen MR) is 78.5 cm³/mol. The summed E-state index contributed by atoms with van der Waals surface area (Å²) in [6.07, 6.45) is 6.00. The summed E-state index contributed by atoms with van der Waals surface area (Å²) in [5, 5.41) is 9.88. The Bertz CT molecular complexity index is 412. The van der Waals surface area contributed by atoms with Crippen LogP contribution in [0.5, 0.6) is 5.75 Å². The first-order valence-electron chi connectivity index (χ1n) is 7.55. The van der Waals surface area contributed by atoms with Gasteiger partial charge in [-0.15, -0.1) is 0 Å². The van der Waals surface area contributed by atoms with Crippen LogP contribution >= 0.6 is 0 Å². The first-order valence-corrected chi connectivity index (χ1v) is 7.55. The highest BCUT2D eigenvalue weighted by Gasteiger charge is 2.23. The van der Waals surface area contributed by atoms with E-state index in [4.69, 9.17) is 4.74 Å². The minimum atomic E-state index is -0.472. The molecule has 1 saturated carbocycles. The molecule has 0 amide bonds. The summed E-state index contributed by atoms with van der Waals surface area (Å²) in [5.74, 6) is 1.67. The summed E-state index contributed by atoms with van der Waals surface area (Å²) in [5.41, 5.74) is 2.08. The van der Waals surface area contributed by atoms with Crippen molar-refractivity contribution in [2.75, 3.05) is 0 Å². The highest BCUT2D eigenvalue weighted by atomic mass is 16.5. The van der Waals surface area contributed by atoms with Gasteiger partial charge >= 0.3 is 0 Å². The van der Waals surface area contributed by atoms with Gasteiger partial charge < -0.3 is 9.84 Å². The molecule has 1 aliphatic carbocycles. The van der Waals surface area contributed by atoms with E-state index >= 15 is 0 Å². The average molecular weight is 262 g/mol. The zero-order valence-electron chi connectivity index (χ0n) is 12.4. The number of hydrogen-bond acceptors (Lipinski definition) is 2. The number of aryl methyl sites for hydroxylation is 1. The standard InChI is InChI=1S/C17H26O2/c1-4-14-6-5-7-15(11-14)19-17-9-8-12(2)10-16(17)13(3)18/h8-10,13-15,18H,4-7,11H2,1-3H3/t13-,14?,15?/m0/s1. The highest BCUT2D eigenvalue weighted by Crippen LogP contribution is 2.33. The van der Waals surface area contributed by atoms with E-state index in [9.17, 15) is 5.11 Å². The van der Waals surface area contributed by atoms with Crippen molar-refractivity contribution >= 4 is 0 Å². The smallest absolute Gasteiger partial charge is 0.125 e. The molecule has 0 heterocycles. The Morgan fingerprint density at radius 2 is 2.16 bits per heavy atom. The third-order valence-corrected chi connectivity index (χ3v) is 4.22. The molecule has 0 bridgehead atoms. The van der Waals surface area contributed by atoms with E-state index in [1.807, 2.05) is 19.1 Å². The van der Waals surface area contributed by atoms with Crippen LogP contribution in [0.4, 0.5) is 0 Å². The number of hydrogen-bond donors (Lipinski definition) is 1. The Kier molecular flexibility index (Phi) is 4.87. The van der Waals surface area contributed by atoms with Gasteiger partial charge in [-0.1, -0.05) is 31.4 Å². The number of benzene rings is 1. The second-order valence-electron chi connectivity index (χ2n) is 5.90. The molecular weight excluding hydrogens is 236 g/mol. The van der Waals surface area contributed by atoms with Crippen molar-refractivity contribution in [3.63, 3.8) is 0 Å². The summed E-state index contributed by atoms with van der Waals surface area (Å²) in [6.45, 7) is 6.11. The summed E-state index contributed by atoms with van der Waals surface area (Å²) in [6, 6.07) is 6.09. The van der Waals surface area contributed by atoms with Gasteiger partial charge in [-0.05, 0) is 51.2 Å². The molecule has 2 heteroatoms. The quantitative estimate of drug-likeness (QED) is 0.871. The fraction of sp³-hybridized carbons (Fsp3) is 0.647. The number of ether oxygens (including phenoxy) is 1. The lowest BCUT2D eigenvalue weighted by Crippen LogP contribution is -2.25. The van der Waals surface area contributed by atoms with Crippen LogP contribution < -0.4 is 4.74 Å². The van der Waals surface area contributed by atoms with Crippen LogP contribution in [0.25, 0.3) is 0 Å². The van der Waals surface area contributed by atoms with Gasteiger partial charge in [-0.25, -0.2) is 0 Å². The van der Waals surface area contributed by atoms with Gasteiger partial charge in [0.05, 0.1) is 12.2 Å². The van der Waals surface area contributed by atoms with E-state index in [2.05, 4.69) is 13.0 Å². The molecule has 2 nitrogen and oxygen atoms in total. The molecule has 0 saturated heterocycles. The van der Waals surface area contributed by atoms with Gasteiger partial charge in [0.25, 0.3) is 0 Å². The van der Waals surface area contributed by atoms with Crippen LogP contribution in [0.15, 0.2) is 18.2 Å². The molecule has 0 radical (unpaired) electrons. The Hall–Kier alpha value is -1.02. The Morgan fingerprint density at radius 1 is 1.37 bits per heavy atom. The number of aliphatic hydroxyl groups excluding tert-OH is 1. The SMILES string of the molecule is CCC1CCCC(Oc2ccc(C)cc2[C@H](C)O)C1. The van der Waals surface area contributed by atoms with Crippen LogP contribution in [0.1, 0.15) is 63.2 Å². The molecule has 19 heavy (non-hydrogen) atoms. The van der Waals surface area contributed by atoms with Crippen LogP contribution in [-0.2, 0) is 0 Å². The van der Waals surface area contributed by atoms with E-state index in [0.717, 1.165) is 30.1 Å². The molecule has 1 aromatic carbocycles. The molecule has 2 rings (SSSR count). The largest absolute Gasteiger partial charge is 0.490 e. The third kappa shape index (κ3) is 3.73. The van der Waals surface area contributed by atoms with Gasteiger partial charge in [0.1, 0.15) is 5.75 Å². The predicted octanol–water partition coefficient (Wildman–Crippen LogP) is 4.40. The van der Waals surface area contributed by atoms with Gasteiger partial charge in [0, 0.05) is 5.56 Å². The van der Waals surface area contributed by atoms with E-state index in [0.29, 0.717) is 6.10 Å². The van der Waals surface area contributed by atoms with Crippen molar-refractivity contribution in [3.05, 3.63) is 29.3 Å². The molecule has 2 unspecified atom stereocenters. The average Bonchev–Trinajstić information content (AvgIpc) is 2.41. The summed E-state index contributed by atoms with van der Waals surface area (Å²) in [7, 11) is 0. The summed E-state index contributed by atoms with van der Waals surface area (Å²) < 4.78 is 6.17. The molecule has 1 aromatic rings. The molecule has 3 atom stereocenters. The molecule has 1 N–H and O–H groups in total. The van der Waals surface area contributed by atoms with Crippen LogP contribution in [-0.4, -0.2) is 11.2 Å². The Morgan fingerprint density at radius 3 is 2.84 bits per heavy atom. The Balaban J connectivity index is 2.10. The maximum absolute atomic E-state index is 9.88. The topological polar surface area (TPSA) is 29.5 Å². The molecule has 106 valence electrons. The van der Waals surface area contributed by atoms with Crippen LogP contribution in [0, 0.1) is 12.8 Å². The monoisotopic (exact) mass is 262 g/mol. The second-order valence-corrected chi connectivity index (χ2v) is 5.90. The van der Waals surface area contributed by atoms with Gasteiger partial charge in [0.2, 0.25) is 0 Å². The Labute approximate surface area is 116 Å². The third-order valence-electron chi connectivity index (χ3n) is 4.22. The minimum Gasteiger partial charge on any atom is -0.490 e. The maximum Gasteiger partial charge on any atom is 0.125 e. The van der Waals surface area contributed by atoms with Crippen molar-refractivity contribution in [2.45, 2.75) is 65.1 Å². The van der Waals surface area contributed by atoms with E-state index in [1.54, 1.807) is 6.92 Å². The van der Waals surface area contributed by atoms with E-state index in [1.165, 1.54) is 24.8 Å². The second kappa shape index (κ2) is 6.42. The minimum absolute atomic E-state index is 0.318. The van der Waals surface area contributed by atoms with Crippen LogP contribution in [0.2, 0.25) is 0 Å². The maximum atomic E-state index is 9.88. The first kappa shape index (κ1) is 14.4. The highest BCUT2D eigenvalue weighted by molar-refractivity contribution is 5.38. The molecule has 0 spiro atoms. The zero-order valence-corrected chi connectivity index (χ0v) is 12.4. The van der Waals surface area contributed by atoms with Gasteiger partial charge in [-0.2, -0.15) is 0 Å². The van der Waals surface area contributed by atoms with Crippen molar-refractivity contribution in [3.8, 4) is 5.75 Å². The fourth-order valence-electron chi connectivity index (χ4n) is 3.00. The van der Waals surface area contributed by atoms with Crippen molar-refractivity contribution < 1.29 is 9.84 Å². The summed E-state index contributed by atoms with van der Waals surface area (Å²) >= 11 is 0. The normalized spacial score (nSPS) is 25.1. The van der Waals surface area contributed by atoms with Crippen molar-refractivity contribution in [1.82, 2.24) is 0 Å². The number of rotatable bonds is 4. The molecule has 1 aliphatic rings. The molecule has 0 aliphatic heterocycles. The lowest BCUT2D eigenvalue weighted by atomic mass is 9.85. The molecule has 0 aromatic heterocycles. The lowest BCUT2D eigenvalue weighted by molar-refractivity contribution is 0.115. The molecule has 1 fully saturated rings. The zero-order chi connectivity index (χ0) is 13.8. The van der Waals surface area contributed by atoms with Crippen LogP contribution in [0.3, 0.4) is 0 Å². The lowest BCUT2D eigenvalue weighted by Gasteiger charge is -2.30. The van der Waals surface area contributed by atoms with E-state index in [-0.39, 0.29) is 0 Å². The van der Waals surface area contributed by atoms with Crippen molar-refractivity contribution in [1.29, 1.82) is 0 Å². The van der Waals surface area contributed by atoms with Gasteiger partial charge in [0.15, 0.2) is 0 Å². The first-order chi connectivity index (χ1) is 9.10. The fourth-order valence-corrected chi connectivity index (χ4v) is 3.00. The van der Waals surface area contributed by atoms with Gasteiger partial charge in [-0.3, -0.25) is 0 Å². The van der Waals surface area contributed by atoms with E-state index < -0.39 is 6.10 Å². The number of aliphatic hydroxyl groups is 1.